The molecule has 0 bridgehead atoms. The molecule has 3 aromatic rings. The molecule has 0 amide bonds. The summed E-state index contributed by atoms with van der Waals surface area (Å²) >= 11 is 3.47. The number of aromatic nitrogens is 2. The van der Waals surface area contributed by atoms with E-state index in [4.69, 9.17) is 9.97 Å². The predicted octanol–water partition coefficient (Wildman–Crippen LogP) is 5.32. The molecule has 0 spiro atoms. The number of thiophene rings is 2. The molecule has 4 heterocycles. The number of rotatable bonds is 4. The van der Waals surface area contributed by atoms with Crippen molar-refractivity contribution in [3.8, 4) is 10.7 Å². The lowest BCUT2D eigenvalue weighted by Crippen LogP contribution is -2.42. The highest BCUT2D eigenvalue weighted by atomic mass is 32.1. The lowest BCUT2D eigenvalue weighted by molar-refractivity contribution is 0.177. The lowest BCUT2D eigenvalue weighted by Gasteiger charge is -2.35. The highest BCUT2D eigenvalue weighted by molar-refractivity contribution is 7.19. The number of likely N-dealkylation sites (tertiary alicyclic amines) is 1. The van der Waals surface area contributed by atoms with Gasteiger partial charge in [-0.15, -0.1) is 22.7 Å². The molecule has 0 atom stereocenters. The summed E-state index contributed by atoms with van der Waals surface area (Å²) < 4.78 is 0. The van der Waals surface area contributed by atoms with Gasteiger partial charge in [-0.05, 0) is 57.5 Å². The van der Waals surface area contributed by atoms with Gasteiger partial charge in [-0.2, -0.15) is 0 Å². The Morgan fingerprint density at radius 2 is 1.96 bits per heavy atom. The van der Waals surface area contributed by atoms with Crippen LogP contribution in [0.25, 0.3) is 20.9 Å². The van der Waals surface area contributed by atoms with E-state index in [9.17, 15) is 0 Å². The summed E-state index contributed by atoms with van der Waals surface area (Å²) in [7, 11) is 0. The molecule has 1 aliphatic heterocycles. The van der Waals surface area contributed by atoms with E-state index in [-0.39, 0.29) is 0 Å². The van der Waals surface area contributed by atoms with Crippen molar-refractivity contribution in [2.75, 3.05) is 18.4 Å². The largest absolute Gasteiger partial charge is 0.367 e. The summed E-state index contributed by atoms with van der Waals surface area (Å²) in [6, 6.07) is 5.28. The summed E-state index contributed by atoms with van der Waals surface area (Å²) in [4.78, 5) is 15.9. The number of piperidine rings is 1. The van der Waals surface area contributed by atoms with Crippen LogP contribution in [0.5, 0.6) is 0 Å². The number of hydrogen-bond donors (Lipinski definition) is 1. The third-order valence-electron chi connectivity index (χ3n) is 5.37. The number of fused-ring (bicyclic) bond motifs is 1. The lowest BCUT2D eigenvalue weighted by atomic mass is 10.0. The maximum absolute atomic E-state index is 4.95. The van der Waals surface area contributed by atoms with Crippen LogP contribution in [-0.4, -0.2) is 40.0 Å². The van der Waals surface area contributed by atoms with Crippen molar-refractivity contribution in [2.24, 2.45) is 0 Å². The fraction of sp³-hybridized carbons (Fsp3) is 0.500. The molecule has 0 aromatic carbocycles. The maximum Gasteiger partial charge on any atom is 0.173 e. The Morgan fingerprint density at radius 3 is 2.62 bits per heavy atom. The Kier molecular flexibility index (Phi) is 4.99. The van der Waals surface area contributed by atoms with E-state index in [1.807, 2.05) is 0 Å². The second-order valence-electron chi connectivity index (χ2n) is 7.38. The predicted molar refractivity (Wildman–Crippen MR) is 114 cm³/mol. The molecular formula is C20H26N4S2. The first-order valence-corrected chi connectivity index (χ1v) is 11.0. The van der Waals surface area contributed by atoms with Crippen molar-refractivity contribution in [2.45, 2.75) is 52.6 Å². The zero-order valence-corrected chi connectivity index (χ0v) is 17.5. The SMILES string of the molecule is Cc1sc2nc(-c3cccs3)nc(NC3CCN(C(C)C)CC3)c2c1C. The molecule has 4 nitrogen and oxygen atoms in total. The normalized spacial score (nSPS) is 16.7. The van der Waals surface area contributed by atoms with E-state index in [1.54, 1.807) is 22.7 Å². The van der Waals surface area contributed by atoms with Gasteiger partial charge >= 0.3 is 0 Å². The average Bonchev–Trinajstić information content (AvgIpc) is 3.24. The maximum atomic E-state index is 4.95. The van der Waals surface area contributed by atoms with Crippen molar-refractivity contribution in [3.63, 3.8) is 0 Å². The minimum absolute atomic E-state index is 0.485. The molecule has 4 rings (SSSR count). The van der Waals surface area contributed by atoms with Crippen molar-refractivity contribution in [3.05, 3.63) is 28.0 Å². The number of aryl methyl sites for hydroxylation is 2. The van der Waals surface area contributed by atoms with Crippen LogP contribution in [0.4, 0.5) is 5.82 Å². The Bertz CT molecular complexity index is 890. The van der Waals surface area contributed by atoms with Gasteiger partial charge in [0, 0.05) is 30.1 Å². The molecule has 0 aliphatic carbocycles. The van der Waals surface area contributed by atoms with Crippen LogP contribution in [0.1, 0.15) is 37.1 Å². The van der Waals surface area contributed by atoms with E-state index in [1.165, 1.54) is 28.7 Å². The Morgan fingerprint density at radius 1 is 1.19 bits per heavy atom. The van der Waals surface area contributed by atoms with Crippen LogP contribution in [0.15, 0.2) is 17.5 Å². The van der Waals surface area contributed by atoms with Gasteiger partial charge in [0.2, 0.25) is 0 Å². The van der Waals surface area contributed by atoms with E-state index in [0.29, 0.717) is 12.1 Å². The Labute approximate surface area is 163 Å². The monoisotopic (exact) mass is 386 g/mol. The van der Waals surface area contributed by atoms with Gasteiger partial charge in [0.25, 0.3) is 0 Å². The summed E-state index contributed by atoms with van der Waals surface area (Å²) in [5, 5.41) is 7.07. The molecule has 3 aromatic heterocycles. The van der Waals surface area contributed by atoms with Crippen molar-refractivity contribution >= 4 is 38.7 Å². The summed E-state index contributed by atoms with van der Waals surface area (Å²) in [5.41, 5.74) is 1.31. The van der Waals surface area contributed by atoms with Gasteiger partial charge in [0.05, 0.1) is 10.3 Å². The molecule has 6 heteroatoms. The molecular weight excluding hydrogens is 360 g/mol. The molecule has 0 saturated carbocycles. The van der Waals surface area contributed by atoms with Crippen molar-refractivity contribution in [1.29, 1.82) is 0 Å². The highest BCUT2D eigenvalue weighted by Gasteiger charge is 2.23. The van der Waals surface area contributed by atoms with Crippen molar-refractivity contribution in [1.82, 2.24) is 14.9 Å². The third-order valence-corrected chi connectivity index (χ3v) is 7.34. The van der Waals surface area contributed by atoms with Gasteiger partial charge < -0.3 is 10.2 Å². The fourth-order valence-corrected chi connectivity index (χ4v) is 5.31. The minimum Gasteiger partial charge on any atom is -0.367 e. The van der Waals surface area contributed by atoms with Gasteiger partial charge in [0.15, 0.2) is 5.82 Å². The number of nitrogens with zero attached hydrogens (tertiary/aromatic N) is 3. The molecule has 1 saturated heterocycles. The number of nitrogens with one attached hydrogen (secondary N) is 1. The summed E-state index contributed by atoms with van der Waals surface area (Å²) in [6.45, 7) is 11.2. The highest BCUT2D eigenvalue weighted by Crippen LogP contribution is 2.36. The van der Waals surface area contributed by atoms with E-state index in [2.05, 4.69) is 55.4 Å². The van der Waals surface area contributed by atoms with Crippen molar-refractivity contribution < 1.29 is 0 Å². The molecule has 1 aliphatic rings. The topological polar surface area (TPSA) is 41.1 Å². The zero-order chi connectivity index (χ0) is 18.3. The van der Waals surface area contributed by atoms with E-state index in [0.717, 1.165) is 34.4 Å². The Hall–Kier alpha value is -1.50. The quantitative estimate of drug-likeness (QED) is 0.659. The van der Waals surface area contributed by atoms with Crippen LogP contribution in [0.3, 0.4) is 0 Å². The Balaban J connectivity index is 1.67. The summed E-state index contributed by atoms with van der Waals surface area (Å²) in [6.07, 6.45) is 2.33. The molecule has 1 N–H and O–H groups in total. The smallest absolute Gasteiger partial charge is 0.173 e. The molecule has 138 valence electrons. The van der Waals surface area contributed by atoms with Crippen LogP contribution in [0, 0.1) is 13.8 Å². The second-order valence-corrected chi connectivity index (χ2v) is 9.54. The van der Waals surface area contributed by atoms with Crippen LogP contribution in [0.2, 0.25) is 0 Å². The summed E-state index contributed by atoms with van der Waals surface area (Å²) in [5.74, 6) is 1.86. The van der Waals surface area contributed by atoms with Crippen LogP contribution < -0.4 is 5.32 Å². The minimum atomic E-state index is 0.485. The fourth-order valence-electron chi connectivity index (χ4n) is 3.62. The van der Waals surface area contributed by atoms with Gasteiger partial charge in [-0.25, -0.2) is 9.97 Å². The van der Waals surface area contributed by atoms with Crippen LogP contribution in [-0.2, 0) is 0 Å². The zero-order valence-electron chi connectivity index (χ0n) is 15.9. The van der Waals surface area contributed by atoms with E-state index >= 15 is 0 Å². The van der Waals surface area contributed by atoms with Gasteiger partial charge in [-0.3, -0.25) is 0 Å². The average molecular weight is 387 g/mol. The standard InChI is InChI=1S/C20H26N4S2/c1-12(2)24-9-7-15(8-10-24)21-19-17-13(3)14(4)26-20(17)23-18(22-19)16-6-5-11-25-16/h5-6,11-12,15H,7-10H2,1-4H3,(H,21,22,23). The molecule has 0 radical (unpaired) electrons. The molecule has 26 heavy (non-hydrogen) atoms. The van der Waals surface area contributed by atoms with Gasteiger partial charge in [-0.1, -0.05) is 6.07 Å². The number of anilines is 1. The molecule has 1 fully saturated rings. The third kappa shape index (κ3) is 3.38. The van der Waals surface area contributed by atoms with Crippen LogP contribution >= 0.6 is 22.7 Å². The number of hydrogen-bond acceptors (Lipinski definition) is 6. The molecule has 0 unspecified atom stereocenters. The first-order chi connectivity index (χ1) is 12.5. The van der Waals surface area contributed by atoms with E-state index < -0.39 is 0 Å². The second kappa shape index (κ2) is 7.25. The first kappa shape index (κ1) is 17.9. The first-order valence-electron chi connectivity index (χ1n) is 9.35. The van der Waals surface area contributed by atoms with Gasteiger partial charge in [0.1, 0.15) is 10.6 Å².